The number of rotatable bonds is 10. The fourth-order valence-electron chi connectivity index (χ4n) is 1.56. The number of guanidine groups is 1. The maximum absolute atomic E-state index is 11.5. The molecule has 7 heteroatoms. The molecule has 0 spiro atoms. The molecule has 0 saturated heterocycles. The summed E-state index contributed by atoms with van der Waals surface area (Å²) in [7, 11) is 3.49. The van der Waals surface area contributed by atoms with Crippen LogP contribution in [0.3, 0.4) is 0 Å². The smallest absolute Gasteiger partial charge is 0.243 e. The van der Waals surface area contributed by atoms with E-state index in [1.54, 1.807) is 19.0 Å². The number of carbonyl (C=O) groups excluding carboxylic acids is 1. The first-order valence-corrected chi connectivity index (χ1v) is 8.72. The first-order chi connectivity index (χ1) is 9.61. The molecule has 5 nitrogen and oxygen atoms in total. The van der Waals surface area contributed by atoms with Crippen LogP contribution in [0.25, 0.3) is 0 Å². The van der Waals surface area contributed by atoms with Gasteiger partial charge in [-0.1, -0.05) is 12.8 Å². The van der Waals surface area contributed by atoms with E-state index in [2.05, 4.69) is 21.9 Å². The number of likely N-dealkylation sites (N-methyl/N-ethyl adjacent to an activating group) is 1. The van der Waals surface area contributed by atoms with Gasteiger partial charge in [-0.05, 0) is 31.8 Å². The summed E-state index contributed by atoms with van der Waals surface area (Å²) in [5.74, 6) is 2.00. The molecule has 2 N–H and O–H groups in total. The highest BCUT2D eigenvalue weighted by Gasteiger charge is 2.03. The Morgan fingerprint density at radius 3 is 2.38 bits per heavy atom. The SMILES string of the molecule is CCNC(=NCC(=O)N(C)C)NCCCCCCSC.I. The Morgan fingerprint density at radius 2 is 1.81 bits per heavy atom. The van der Waals surface area contributed by atoms with E-state index in [0.717, 1.165) is 25.5 Å². The third-order valence-corrected chi connectivity index (χ3v) is 3.48. The molecule has 0 aromatic carbocycles. The molecule has 0 rings (SSSR count). The summed E-state index contributed by atoms with van der Waals surface area (Å²) in [5.41, 5.74) is 0. The average Bonchev–Trinajstić information content (AvgIpc) is 2.43. The largest absolute Gasteiger partial charge is 0.357 e. The van der Waals surface area contributed by atoms with Gasteiger partial charge in [-0.15, -0.1) is 24.0 Å². The summed E-state index contributed by atoms with van der Waals surface area (Å²) in [5, 5.41) is 6.42. The molecular weight excluding hydrogens is 399 g/mol. The first-order valence-electron chi connectivity index (χ1n) is 7.33. The van der Waals surface area contributed by atoms with Crippen molar-refractivity contribution >= 4 is 47.6 Å². The van der Waals surface area contributed by atoms with Crippen LogP contribution < -0.4 is 10.6 Å². The van der Waals surface area contributed by atoms with Crippen molar-refractivity contribution in [1.29, 1.82) is 0 Å². The number of halogens is 1. The zero-order valence-electron chi connectivity index (χ0n) is 13.8. The quantitative estimate of drug-likeness (QED) is 0.242. The third kappa shape index (κ3) is 14.5. The highest BCUT2D eigenvalue weighted by molar-refractivity contribution is 14.0. The minimum atomic E-state index is 0. The predicted molar refractivity (Wildman–Crippen MR) is 105 cm³/mol. The van der Waals surface area contributed by atoms with Gasteiger partial charge in [0.05, 0.1) is 0 Å². The summed E-state index contributed by atoms with van der Waals surface area (Å²) < 4.78 is 0. The number of aliphatic imine (C=N–C) groups is 1. The minimum Gasteiger partial charge on any atom is -0.357 e. The molecule has 0 radical (unpaired) electrons. The van der Waals surface area contributed by atoms with Crippen molar-refractivity contribution in [2.24, 2.45) is 4.99 Å². The number of nitrogens with zero attached hydrogens (tertiary/aromatic N) is 2. The molecule has 0 aromatic heterocycles. The van der Waals surface area contributed by atoms with E-state index in [1.807, 2.05) is 18.7 Å². The number of unbranched alkanes of at least 4 members (excludes halogenated alkanes) is 3. The van der Waals surface area contributed by atoms with Crippen LogP contribution in [-0.4, -0.2) is 62.5 Å². The van der Waals surface area contributed by atoms with Crippen LogP contribution in [-0.2, 0) is 4.79 Å². The van der Waals surface area contributed by atoms with E-state index in [9.17, 15) is 4.79 Å². The highest BCUT2D eigenvalue weighted by atomic mass is 127. The highest BCUT2D eigenvalue weighted by Crippen LogP contribution is 2.03. The van der Waals surface area contributed by atoms with Gasteiger partial charge in [-0.25, -0.2) is 4.99 Å². The zero-order chi connectivity index (χ0) is 15.2. The Labute approximate surface area is 151 Å². The van der Waals surface area contributed by atoms with Crippen LogP contribution in [0.15, 0.2) is 4.99 Å². The second-order valence-electron chi connectivity index (χ2n) is 4.82. The molecule has 0 aliphatic heterocycles. The standard InChI is InChI=1S/C14H30N4OS.HI/c1-5-15-14(17-12-13(19)18(2)3)16-10-8-6-7-9-11-20-4;/h5-12H2,1-4H3,(H2,15,16,17);1H. The summed E-state index contributed by atoms with van der Waals surface area (Å²) in [6.07, 6.45) is 7.11. The van der Waals surface area contributed by atoms with E-state index in [4.69, 9.17) is 0 Å². The lowest BCUT2D eigenvalue weighted by atomic mass is 10.2. The van der Waals surface area contributed by atoms with E-state index in [0.29, 0.717) is 0 Å². The normalized spacial score (nSPS) is 10.8. The maximum Gasteiger partial charge on any atom is 0.243 e. The van der Waals surface area contributed by atoms with Crippen LogP contribution in [0.5, 0.6) is 0 Å². The summed E-state index contributed by atoms with van der Waals surface area (Å²) in [4.78, 5) is 17.3. The Bertz CT molecular complexity index is 288. The molecule has 0 aromatic rings. The number of hydrogen-bond acceptors (Lipinski definition) is 3. The molecular formula is C14H31IN4OS. The minimum absolute atomic E-state index is 0. The summed E-state index contributed by atoms with van der Waals surface area (Å²) in [6.45, 7) is 3.92. The Balaban J connectivity index is 0. The molecule has 0 heterocycles. The molecule has 0 bridgehead atoms. The monoisotopic (exact) mass is 430 g/mol. The lowest BCUT2D eigenvalue weighted by molar-refractivity contribution is -0.127. The summed E-state index contributed by atoms with van der Waals surface area (Å²) in [6, 6.07) is 0. The number of hydrogen-bond donors (Lipinski definition) is 2. The second-order valence-corrected chi connectivity index (χ2v) is 5.80. The van der Waals surface area contributed by atoms with Crippen molar-refractivity contribution in [2.75, 3.05) is 45.7 Å². The van der Waals surface area contributed by atoms with Crippen molar-refractivity contribution < 1.29 is 4.79 Å². The van der Waals surface area contributed by atoms with Crippen LogP contribution in [0.4, 0.5) is 0 Å². The zero-order valence-corrected chi connectivity index (χ0v) is 16.9. The van der Waals surface area contributed by atoms with Gasteiger partial charge < -0.3 is 15.5 Å². The number of carbonyl (C=O) groups is 1. The topological polar surface area (TPSA) is 56.7 Å². The number of thioether (sulfide) groups is 1. The lowest BCUT2D eigenvalue weighted by Crippen LogP contribution is -2.38. The molecule has 0 aliphatic rings. The van der Waals surface area contributed by atoms with Crippen molar-refractivity contribution in [1.82, 2.24) is 15.5 Å². The fourth-order valence-corrected chi connectivity index (χ4v) is 2.05. The van der Waals surface area contributed by atoms with Crippen LogP contribution >= 0.6 is 35.7 Å². The maximum atomic E-state index is 11.5. The molecule has 1 amide bonds. The lowest BCUT2D eigenvalue weighted by Gasteiger charge is -2.12. The van der Waals surface area contributed by atoms with Gasteiger partial charge >= 0.3 is 0 Å². The average molecular weight is 430 g/mol. The van der Waals surface area contributed by atoms with Gasteiger partial charge in [0, 0.05) is 27.2 Å². The predicted octanol–water partition coefficient (Wildman–Crippen LogP) is 2.17. The molecule has 0 atom stereocenters. The molecule has 0 fully saturated rings. The Kier molecular flexibility index (Phi) is 17.8. The Morgan fingerprint density at radius 1 is 1.14 bits per heavy atom. The van der Waals surface area contributed by atoms with Gasteiger partial charge in [0.25, 0.3) is 0 Å². The fraction of sp³-hybridized carbons (Fsp3) is 0.857. The van der Waals surface area contributed by atoms with Crippen molar-refractivity contribution in [3.05, 3.63) is 0 Å². The molecule has 0 saturated carbocycles. The van der Waals surface area contributed by atoms with Crippen molar-refractivity contribution in [3.63, 3.8) is 0 Å². The van der Waals surface area contributed by atoms with Crippen LogP contribution in [0.1, 0.15) is 32.6 Å². The molecule has 21 heavy (non-hydrogen) atoms. The molecule has 126 valence electrons. The molecule has 0 unspecified atom stereocenters. The van der Waals surface area contributed by atoms with Gasteiger partial charge in [-0.2, -0.15) is 11.8 Å². The Hall–Kier alpha value is -0.180. The number of nitrogens with one attached hydrogen (secondary N) is 2. The van der Waals surface area contributed by atoms with E-state index in [1.165, 1.54) is 25.0 Å². The first kappa shape index (κ1) is 23.1. The van der Waals surface area contributed by atoms with Gasteiger partial charge in [-0.3, -0.25) is 4.79 Å². The van der Waals surface area contributed by atoms with Gasteiger partial charge in [0.1, 0.15) is 6.54 Å². The van der Waals surface area contributed by atoms with Crippen LogP contribution in [0, 0.1) is 0 Å². The van der Waals surface area contributed by atoms with Crippen molar-refractivity contribution in [3.8, 4) is 0 Å². The van der Waals surface area contributed by atoms with Crippen molar-refractivity contribution in [2.45, 2.75) is 32.6 Å². The molecule has 0 aliphatic carbocycles. The van der Waals surface area contributed by atoms with E-state index >= 15 is 0 Å². The van der Waals surface area contributed by atoms with E-state index in [-0.39, 0.29) is 36.4 Å². The van der Waals surface area contributed by atoms with Gasteiger partial charge in [0.15, 0.2) is 5.96 Å². The number of amides is 1. The summed E-state index contributed by atoms with van der Waals surface area (Å²) >= 11 is 1.91. The third-order valence-electron chi connectivity index (χ3n) is 2.78. The van der Waals surface area contributed by atoms with E-state index < -0.39 is 0 Å². The van der Waals surface area contributed by atoms with Gasteiger partial charge in [0.2, 0.25) is 5.91 Å². The second kappa shape index (κ2) is 16.2. The van der Waals surface area contributed by atoms with Crippen LogP contribution in [0.2, 0.25) is 0 Å².